The molecule has 1 fully saturated rings. The van der Waals surface area contributed by atoms with Crippen molar-refractivity contribution in [2.24, 2.45) is 0 Å². The van der Waals surface area contributed by atoms with E-state index in [4.69, 9.17) is 5.11 Å². The van der Waals surface area contributed by atoms with Crippen LogP contribution >= 0.6 is 0 Å². The molecule has 138 valence electrons. The highest BCUT2D eigenvalue weighted by Gasteiger charge is 2.34. The number of carbonyl (C=O) groups is 2. The number of hydrogen-bond acceptors (Lipinski definition) is 3. The molecule has 0 spiro atoms. The van der Waals surface area contributed by atoms with Crippen molar-refractivity contribution >= 4 is 11.9 Å². The molecular formula is C20H30N2O3. The summed E-state index contributed by atoms with van der Waals surface area (Å²) >= 11 is 0. The zero-order chi connectivity index (χ0) is 18.4. The molecule has 0 atom stereocenters. The molecule has 0 aromatic heterocycles. The van der Waals surface area contributed by atoms with Gasteiger partial charge in [0.1, 0.15) is 0 Å². The van der Waals surface area contributed by atoms with Crippen LogP contribution in [0.4, 0.5) is 0 Å². The number of likely N-dealkylation sites (N-methyl/N-ethyl adjacent to an activating group) is 1. The molecule has 25 heavy (non-hydrogen) atoms. The molecule has 1 aromatic carbocycles. The normalized spacial score (nSPS) is 19.7. The van der Waals surface area contributed by atoms with Gasteiger partial charge in [-0.1, -0.05) is 45.0 Å². The minimum Gasteiger partial charge on any atom is -0.480 e. The molecule has 0 radical (unpaired) electrons. The van der Waals surface area contributed by atoms with Crippen LogP contribution in [0.3, 0.4) is 0 Å². The van der Waals surface area contributed by atoms with Crippen molar-refractivity contribution in [2.75, 3.05) is 13.1 Å². The lowest BCUT2D eigenvalue weighted by atomic mass is 9.85. The lowest BCUT2D eigenvalue weighted by Crippen LogP contribution is -2.54. The first-order valence-electron chi connectivity index (χ1n) is 9.23. The summed E-state index contributed by atoms with van der Waals surface area (Å²) in [5.41, 5.74) is 2.50. The van der Waals surface area contributed by atoms with E-state index in [-0.39, 0.29) is 24.5 Å². The van der Waals surface area contributed by atoms with Crippen LogP contribution in [0.5, 0.6) is 0 Å². The Morgan fingerprint density at radius 1 is 1.24 bits per heavy atom. The van der Waals surface area contributed by atoms with Crippen LogP contribution in [-0.2, 0) is 16.0 Å². The minimum atomic E-state index is -0.794. The summed E-state index contributed by atoms with van der Waals surface area (Å²) in [5.74, 6) is -0.191. The average Bonchev–Trinajstić information content (AvgIpc) is 2.54. The molecule has 0 bridgehead atoms. The fourth-order valence-corrected chi connectivity index (χ4v) is 3.30. The van der Waals surface area contributed by atoms with Gasteiger partial charge in [0, 0.05) is 18.5 Å². The standard InChI is InChI=1S/C20H30N2O3/c1-4-22(13-20(24)25)18-11-17(12-18)21-19(23)10-7-15-5-8-16(9-6-15)14(2)3/h5-6,8-9,14,17-18H,4,7,10-13H2,1-3H3,(H,21,23)(H,24,25). The second kappa shape index (κ2) is 8.99. The highest BCUT2D eigenvalue weighted by Crippen LogP contribution is 2.25. The van der Waals surface area contributed by atoms with Gasteiger partial charge >= 0.3 is 5.97 Å². The summed E-state index contributed by atoms with van der Waals surface area (Å²) in [6, 6.07) is 8.94. The molecule has 0 saturated heterocycles. The first kappa shape index (κ1) is 19.4. The van der Waals surface area contributed by atoms with Crippen LogP contribution in [0.25, 0.3) is 0 Å². The maximum absolute atomic E-state index is 12.1. The molecule has 1 saturated carbocycles. The van der Waals surface area contributed by atoms with E-state index in [2.05, 4.69) is 43.4 Å². The molecule has 5 nitrogen and oxygen atoms in total. The third-order valence-corrected chi connectivity index (χ3v) is 5.03. The third-order valence-electron chi connectivity index (χ3n) is 5.03. The number of hydrogen-bond donors (Lipinski definition) is 2. The first-order chi connectivity index (χ1) is 11.9. The second-order valence-electron chi connectivity index (χ2n) is 7.24. The van der Waals surface area contributed by atoms with E-state index in [1.54, 1.807) is 0 Å². The Labute approximate surface area is 150 Å². The van der Waals surface area contributed by atoms with Crippen LogP contribution < -0.4 is 5.32 Å². The Balaban J connectivity index is 1.69. The van der Waals surface area contributed by atoms with E-state index in [9.17, 15) is 9.59 Å². The van der Waals surface area contributed by atoms with Crippen molar-refractivity contribution < 1.29 is 14.7 Å². The first-order valence-corrected chi connectivity index (χ1v) is 9.23. The summed E-state index contributed by atoms with van der Waals surface area (Å²) in [5, 5.41) is 12.0. The van der Waals surface area contributed by atoms with Crippen molar-refractivity contribution in [3.8, 4) is 0 Å². The average molecular weight is 346 g/mol. The van der Waals surface area contributed by atoms with Crippen molar-refractivity contribution in [2.45, 2.75) is 64.5 Å². The molecule has 1 aliphatic carbocycles. The zero-order valence-electron chi connectivity index (χ0n) is 15.5. The highest BCUT2D eigenvalue weighted by molar-refractivity contribution is 5.76. The predicted molar refractivity (Wildman–Crippen MR) is 98.7 cm³/mol. The summed E-state index contributed by atoms with van der Waals surface area (Å²) in [6.07, 6.45) is 2.93. The predicted octanol–water partition coefficient (Wildman–Crippen LogP) is 2.80. The lowest BCUT2D eigenvalue weighted by molar-refractivity contribution is -0.139. The monoisotopic (exact) mass is 346 g/mol. The number of nitrogens with zero attached hydrogens (tertiary/aromatic N) is 1. The lowest BCUT2D eigenvalue weighted by Gasteiger charge is -2.42. The minimum absolute atomic E-state index is 0.0776. The maximum atomic E-state index is 12.1. The molecule has 1 aromatic rings. The van der Waals surface area contributed by atoms with Crippen LogP contribution in [0.15, 0.2) is 24.3 Å². The number of carbonyl (C=O) groups excluding carboxylic acids is 1. The number of aliphatic carboxylic acids is 1. The Bertz CT molecular complexity index is 577. The molecule has 5 heteroatoms. The van der Waals surface area contributed by atoms with Crippen LogP contribution in [0, 0.1) is 0 Å². The number of nitrogens with one attached hydrogen (secondary N) is 1. The van der Waals surface area contributed by atoms with Crippen molar-refractivity contribution in [1.29, 1.82) is 0 Å². The molecule has 2 rings (SSSR count). The van der Waals surface area contributed by atoms with Gasteiger partial charge in [-0.2, -0.15) is 0 Å². The van der Waals surface area contributed by atoms with Gasteiger partial charge in [-0.25, -0.2) is 0 Å². The van der Waals surface area contributed by atoms with E-state index >= 15 is 0 Å². The zero-order valence-corrected chi connectivity index (χ0v) is 15.5. The third kappa shape index (κ3) is 5.85. The van der Waals surface area contributed by atoms with E-state index in [0.717, 1.165) is 25.8 Å². The molecular weight excluding hydrogens is 316 g/mol. The SMILES string of the molecule is CCN(CC(=O)O)C1CC(NC(=O)CCc2ccc(C(C)C)cc2)C1. The van der Waals surface area contributed by atoms with Gasteiger partial charge in [0.05, 0.1) is 6.54 Å². The number of amides is 1. The fraction of sp³-hybridized carbons (Fsp3) is 0.600. The Morgan fingerprint density at radius 3 is 2.40 bits per heavy atom. The Hall–Kier alpha value is -1.88. The van der Waals surface area contributed by atoms with Gasteiger partial charge in [-0.15, -0.1) is 0 Å². The van der Waals surface area contributed by atoms with Gasteiger partial charge in [-0.3, -0.25) is 14.5 Å². The smallest absolute Gasteiger partial charge is 0.317 e. The summed E-state index contributed by atoms with van der Waals surface area (Å²) in [6.45, 7) is 7.12. The summed E-state index contributed by atoms with van der Waals surface area (Å²) < 4.78 is 0. The Kier molecular flexibility index (Phi) is 7.00. The summed E-state index contributed by atoms with van der Waals surface area (Å²) in [4.78, 5) is 24.9. The molecule has 2 N–H and O–H groups in total. The molecule has 1 amide bonds. The molecule has 0 aliphatic heterocycles. The fourth-order valence-electron chi connectivity index (χ4n) is 3.30. The molecule has 0 unspecified atom stereocenters. The Morgan fingerprint density at radius 2 is 1.88 bits per heavy atom. The van der Waals surface area contributed by atoms with Crippen LogP contribution in [0.1, 0.15) is 57.1 Å². The van der Waals surface area contributed by atoms with Gasteiger partial charge in [0.2, 0.25) is 5.91 Å². The van der Waals surface area contributed by atoms with Gasteiger partial charge < -0.3 is 10.4 Å². The van der Waals surface area contributed by atoms with E-state index < -0.39 is 5.97 Å². The van der Waals surface area contributed by atoms with Crippen LogP contribution in [0.2, 0.25) is 0 Å². The van der Waals surface area contributed by atoms with Crippen molar-refractivity contribution in [1.82, 2.24) is 10.2 Å². The van der Waals surface area contributed by atoms with Crippen LogP contribution in [-0.4, -0.2) is 47.1 Å². The van der Waals surface area contributed by atoms with Crippen molar-refractivity contribution in [3.63, 3.8) is 0 Å². The number of carboxylic acids is 1. The van der Waals surface area contributed by atoms with Crippen molar-refractivity contribution in [3.05, 3.63) is 35.4 Å². The maximum Gasteiger partial charge on any atom is 0.317 e. The van der Waals surface area contributed by atoms with Gasteiger partial charge in [0.25, 0.3) is 0 Å². The largest absolute Gasteiger partial charge is 0.480 e. The quantitative estimate of drug-likeness (QED) is 0.721. The van der Waals surface area contributed by atoms with Gasteiger partial charge in [-0.05, 0) is 42.9 Å². The van der Waals surface area contributed by atoms with Gasteiger partial charge in [0.15, 0.2) is 0 Å². The molecule has 1 aliphatic rings. The summed E-state index contributed by atoms with van der Waals surface area (Å²) in [7, 11) is 0. The van der Waals surface area contributed by atoms with E-state index in [1.165, 1.54) is 11.1 Å². The number of aryl methyl sites for hydroxylation is 1. The molecule has 0 heterocycles. The van der Waals surface area contributed by atoms with E-state index in [0.29, 0.717) is 12.3 Å². The highest BCUT2D eigenvalue weighted by atomic mass is 16.4. The number of benzene rings is 1. The number of carboxylic acid groups (broad SMARTS) is 1. The number of rotatable bonds is 9. The van der Waals surface area contributed by atoms with E-state index in [1.807, 2.05) is 11.8 Å². The second-order valence-corrected chi connectivity index (χ2v) is 7.24. The topological polar surface area (TPSA) is 69.6 Å².